The molecule has 0 bridgehead atoms. The molecule has 1 unspecified atom stereocenters. The van der Waals surface area contributed by atoms with Crippen LogP contribution in [0.2, 0.25) is 0 Å². The summed E-state index contributed by atoms with van der Waals surface area (Å²) in [7, 11) is 0. The van der Waals surface area contributed by atoms with Gasteiger partial charge in [-0.15, -0.1) is 11.3 Å². The topological polar surface area (TPSA) is 12.0 Å². The first-order chi connectivity index (χ1) is 7.68. The molecular weight excluding hydrogens is 329 g/mol. The summed E-state index contributed by atoms with van der Waals surface area (Å²) < 4.78 is 1.26. The Morgan fingerprint density at radius 3 is 2.62 bits per heavy atom. The SMILES string of the molecule is Cc1ccsc1C(C)Nc1ccccc1I. The van der Waals surface area contributed by atoms with E-state index in [-0.39, 0.29) is 0 Å². The van der Waals surface area contributed by atoms with Crippen LogP contribution < -0.4 is 5.32 Å². The second kappa shape index (κ2) is 5.19. The van der Waals surface area contributed by atoms with Crippen molar-refractivity contribution in [1.29, 1.82) is 0 Å². The van der Waals surface area contributed by atoms with Crippen LogP contribution in [0.25, 0.3) is 0 Å². The van der Waals surface area contributed by atoms with E-state index in [9.17, 15) is 0 Å². The van der Waals surface area contributed by atoms with E-state index in [0.717, 1.165) is 0 Å². The average molecular weight is 343 g/mol. The minimum absolute atomic E-state index is 0.371. The third-order valence-corrected chi connectivity index (χ3v) is 4.68. The fraction of sp³-hybridized carbons (Fsp3) is 0.231. The highest BCUT2D eigenvalue weighted by Crippen LogP contribution is 2.28. The molecule has 16 heavy (non-hydrogen) atoms. The first kappa shape index (κ1) is 11.9. The Bertz CT molecular complexity index is 478. The molecule has 2 aromatic rings. The summed E-state index contributed by atoms with van der Waals surface area (Å²) >= 11 is 4.18. The highest BCUT2D eigenvalue weighted by Gasteiger charge is 2.10. The maximum atomic E-state index is 3.56. The molecule has 3 heteroatoms. The van der Waals surface area contributed by atoms with Gasteiger partial charge in [0.05, 0.1) is 6.04 Å². The van der Waals surface area contributed by atoms with Crippen molar-refractivity contribution < 1.29 is 0 Å². The lowest BCUT2D eigenvalue weighted by molar-refractivity contribution is 0.898. The van der Waals surface area contributed by atoms with Gasteiger partial charge in [-0.1, -0.05) is 12.1 Å². The molecule has 0 aliphatic carbocycles. The number of nitrogens with one attached hydrogen (secondary N) is 1. The van der Waals surface area contributed by atoms with Gasteiger partial charge in [-0.3, -0.25) is 0 Å². The molecule has 0 radical (unpaired) electrons. The third-order valence-electron chi connectivity index (χ3n) is 2.54. The van der Waals surface area contributed by atoms with E-state index in [1.54, 1.807) is 0 Å². The molecule has 0 saturated carbocycles. The van der Waals surface area contributed by atoms with Crippen molar-refractivity contribution in [3.8, 4) is 0 Å². The fourth-order valence-electron chi connectivity index (χ4n) is 1.71. The largest absolute Gasteiger partial charge is 0.377 e. The normalized spacial score (nSPS) is 12.4. The lowest BCUT2D eigenvalue weighted by atomic mass is 10.2. The van der Waals surface area contributed by atoms with Gasteiger partial charge in [0.2, 0.25) is 0 Å². The number of halogens is 1. The van der Waals surface area contributed by atoms with Gasteiger partial charge in [0, 0.05) is 14.1 Å². The van der Waals surface area contributed by atoms with Crippen LogP contribution in [0.3, 0.4) is 0 Å². The number of rotatable bonds is 3. The summed E-state index contributed by atoms with van der Waals surface area (Å²) in [6, 6.07) is 10.9. The molecule has 1 aromatic carbocycles. The smallest absolute Gasteiger partial charge is 0.0581 e. The van der Waals surface area contributed by atoms with Crippen LogP contribution in [0.15, 0.2) is 35.7 Å². The van der Waals surface area contributed by atoms with Gasteiger partial charge in [0.25, 0.3) is 0 Å². The van der Waals surface area contributed by atoms with E-state index in [4.69, 9.17) is 0 Å². The fourth-order valence-corrected chi connectivity index (χ4v) is 3.18. The number of anilines is 1. The highest BCUT2D eigenvalue weighted by molar-refractivity contribution is 14.1. The first-order valence-electron chi connectivity index (χ1n) is 5.23. The molecule has 0 aliphatic rings. The maximum absolute atomic E-state index is 3.56. The summed E-state index contributed by atoms with van der Waals surface area (Å²) in [6.45, 7) is 4.38. The molecule has 1 N–H and O–H groups in total. The Morgan fingerprint density at radius 1 is 1.25 bits per heavy atom. The second-order valence-corrected chi connectivity index (χ2v) is 5.92. The summed E-state index contributed by atoms with van der Waals surface area (Å²) in [4.78, 5) is 1.42. The number of thiophene rings is 1. The Morgan fingerprint density at radius 2 is 2.00 bits per heavy atom. The Balaban J connectivity index is 2.17. The lowest BCUT2D eigenvalue weighted by Gasteiger charge is -2.16. The Hall–Kier alpha value is -0.550. The number of aryl methyl sites for hydroxylation is 1. The van der Waals surface area contributed by atoms with Gasteiger partial charge >= 0.3 is 0 Å². The molecule has 0 spiro atoms. The van der Waals surface area contributed by atoms with Crippen molar-refractivity contribution >= 4 is 39.6 Å². The Kier molecular flexibility index (Phi) is 3.86. The van der Waals surface area contributed by atoms with E-state index in [0.29, 0.717) is 6.04 Å². The summed E-state index contributed by atoms with van der Waals surface area (Å²) in [6.07, 6.45) is 0. The van der Waals surface area contributed by atoms with Crippen molar-refractivity contribution in [3.05, 3.63) is 49.7 Å². The van der Waals surface area contributed by atoms with Crippen LogP contribution in [0.5, 0.6) is 0 Å². The zero-order valence-electron chi connectivity index (χ0n) is 9.33. The predicted molar refractivity (Wildman–Crippen MR) is 80.3 cm³/mol. The van der Waals surface area contributed by atoms with Gasteiger partial charge in [-0.05, 0) is 65.6 Å². The van der Waals surface area contributed by atoms with Crippen LogP contribution in [0.4, 0.5) is 5.69 Å². The quantitative estimate of drug-likeness (QED) is 0.787. The summed E-state index contributed by atoms with van der Waals surface area (Å²) in [5.41, 5.74) is 2.58. The van der Waals surface area contributed by atoms with E-state index in [1.165, 1.54) is 19.7 Å². The van der Waals surface area contributed by atoms with E-state index < -0.39 is 0 Å². The van der Waals surface area contributed by atoms with Crippen LogP contribution in [-0.2, 0) is 0 Å². The van der Waals surface area contributed by atoms with E-state index in [1.807, 2.05) is 11.3 Å². The number of hydrogen-bond donors (Lipinski definition) is 1. The third kappa shape index (κ3) is 2.58. The van der Waals surface area contributed by atoms with Crippen LogP contribution in [0, 0.1) is 10.5 Å². The molecule has 2 rings (SSSR count). The zero-order valence-corrected chi connectivity index (χ0v) is 12.3. The number of hydrogen-bond acceptors (Lipinski definition) is 2. The monoisotopic (exact) mass is 343 g/mol. The van der Waals surface area contributed by atoms with Crippen molar-refractivity contribution in [2.75, 3.05) is 5.32 Å². The molecule has 84 valence electrons. The molecule has 1 heterocycles. The van der Waals surface area contributed by atoms with E-state index in [2.05, 4.69) is 77.5 Å². The van der Waals surface area contributed by atoms with Crippen molar-refractivity contribution in [3.63, 3.8) is 0 Å². The minimum atomic E-state index is 0.371. The number of benzene rings is 1. The minimum Gasteiger partial charge on any atom is -0.377 e. The van der Waals surface area contributed by atoms with Crippen LogP contribution in [-0.4, -0.2) is 0 Å². The van der Waals surface area contributed by atoms with Gasteiger partial charge in [0.1, 0.15) is 0 Å². The second-order valence-electron chi connectivity index (χ2n) is 3.81. The molecule has 0 amide bonds. The van der Waals surface area contributed by atoms with Crippen LogP contribution in [0.1, 0.15) is 23.4 Å². The van der Waals surface area contributed by atoms with Gasteiger partial charge in [0.15, 0.2) is 0 Å². The van der Waals surface area contributed by atoms with E-state index >= 15 is 0 Å². The summed E-state index contributed by atoms with van der Waals surface area (Å²) in [5.74, 6) is 0. The maximum Gasteiger partial charge on any atom is 0.0581 e. The standard InChI is InChI=1S/C13H14INS/c1-9-7-8-16-13(9)10(2)15-12-6-4-3-5-11(12)14/h3-8,10,15H,1-2H3. The zero-order chi connectivity index (χ0) is 11.5. The molecule has 0 fully saturated rings. The van der Waals surface area contributed by atoms with Crippen molar-refractivity contribution in [2.45, 2.75) is 19.9 Å². The van der Waals surface area contributed by atoms with Gasteiger partial charge in [-0.25, -0.2) is 0 Å². The van der Waals surface area contributed by atoms with Gasteiger partial charge < -0.3 is 5.32 Å². The molecular formula is C13H14INS. The summed E-state index contributed by atoms with van der Waals surface area (Å²) in [5, 5.41) is 5.71. The highest BCUT2D eigenvalue weighted by atomic mass is 127. The molecule has 1 atom stereocenters. The lowest BCUT2D eigenvalue weighted by Crippen LogP contribution is -2.06. The van der Waals surface area contributed by atoms with Gasteiger partial charge in [-0.2, -0.15) is 0 Å². The van der Waals surface area contributed by atoms with Crippen molar-refractivity contribution in [2.24, 2.45) is 0 Å². The first-order valence-corrected chi connectivity index (χ1v) is 7.19. The molecule has 1 aromatic heterocycles. The van der Waals surface area contributed by atoms with Crippen molar-refractivity contribution in [1.82, 2.24) is 0 Å². The number of para-hydroxylation sites is 1. The van der Waals surface area contributed by atoms with Crippen LogP contribution >= 0.6 is 33.9 Å². The molecule has 1 nitrogen and oxygen atoms in total. The molecule has 0 saturated heterocycles. The average Bonchev–Trinajstić information content (AvgIpc) is 2.68. The Labute approximate surface area is 114 Å². The molecule has 0 aliphatic heterocycles. The predicted octanol–water partition coefficient (Wildman–Crippen LogP) is 4.83.